The van der Waals surface area contributed by atoms with Gasteiger partial charge in [-0.3, -0.25) is 10.2 Å². The molecule has 11 heteroatoms. The smallest absolute Gasteiger partial charge is 0.303 e. The van der Waals surface area contributed by atoms with Gasteiger partial charge in [0.1, 0.15) is 18.3 Å². The number of hydrogen-bond donors (Lipinski definition) is 1. The van der Waals surface area contributed by atoms with E-state index < -0.39 is 52.2 Å². The number of alkyl halides is 3. The Balaban J connectivity index is 2.32. The van der Waals surface area contributed by atoms with Crippen molar-refractivity contribution < 1.29 is 33.2 Å². The maximum atomic E-state index is 11.6. The number of carbonyl (C=O) groups excluding carboxylic acids is 1. The Labute approximate surface area is 172 Å². The van der Waals surface area contributed by atoms with E-state index in [1.165, 1.54) is 6.92 Å². The summed E-state index contributed by atoms with van der Waals surface area (Å²) in [5.41, 5.74) is 0. The van der Waals surface area contributed by atoms with E-state index in [9.17, 15) is 4.79 Å². The first-order valence-corrected chi connectivity index (χ1v) is 9.27. The molecule has 8 nitrogen and oxygen atoms in total. The van der Waals surface area contributed by atoms with Crippen LogP contribution in [-0.4, -0.2) is 65.4 Å². The van der Waals surface area contributed by atoms with Crippen molar-refractivity contribution in [1.82, 2.24) is 0 Å². The second-order valence-electron chi connectivity index (χ2n) is 6.44. The van der Waals surface area contributed by atoms with Crippen molar-refractivity contribution in [3.63, 3.8) is 0 Å². The first-order chi connectivity index (χ1) is 12.4. The lowest BCUT2D eigenvalue weighted by Crippen LogP contribution is -2.66. The zero-order chi connectivity index (χ0) is 20.4. The van der Waals surface area contributed by atoms with Crippen molar-refractivity contribution in [2.24, 2.45) is 0 Å². The van der Waals surface area contributed by atoms with Crippen LogP contribution in [0.3, 0.4) is 0 Å². The summed E-state index contributed by atoms with van der Waals surface area (Å²) in [5, 5.41) is 7.79. The number of fused-ring (bicyclic) bond motifs is 1. The third-order valence-corrected chi connectivity index (χ3v) is 4.32. The summed E-state index contributed by atoms with van der Waals surface area (Å²) in [4.78, 5) is 11.6. The van der Waals surface area contributed by atoms with E-state index in [1.807, 2.05) is 0 Å². The average Bonchev–Trinajstić information content (AvgIpc) is 2.53. The lowest BCUT2D eigenvalue weighted by Gasteiger charge is -2.50. The zero-order valence-electron chi connectivity index (χ0n) is 15.1. The quantitative estimate of drug-likeness (QED) is 0.228. The summed E-state index contributed by atoms with van der Waals surface area (Å²) >= 11 is 17.0. The minimum absolute atomic E-state index is 0.158. The molecule has 0 aromatic carbocycles. The van der Waals surface area contributed by atoms with Gasteiger partial charge in [-0.05, 0) is 13.8 Å². The molecule has 2 aliphatic rings. The van der Waals surface area contributed by atoms with Crippen LogP contribution < -0.4 is 0 Å². The summed E-state index contributed by atoms with van der Waals surface area (Å²) in [5.74, 6) is -2.18. The Morgan fingerprint density at radius 1 is 1.33 bits per heavy atom. The number of halogens is 3. The molecule has 0 aliphatic carbocycles. The topological polar surface area (TPSA) is 96.3 Å². The number of nitrogens with one attached hydrogen (secondary N) is 1. The standard InChI is InChI=1S/C16H22Cl3NO7/c1-5-6-22-11-10-9(7-23-15(3,4)27-10)25-13(12(11)24-8(2)21)26-14(20)16(17,18)19/h5,9-13,20H,1,6-7H2,2-4H3/t9-,10-,11+,12-,13?/m1/s1. The Morgan fingerprint density at radius 2 is 2.00 bits per heavy atom. The Kier molecular flexibility index (Phi) is 7.40. The molecule has 27 heavy (non-hydrogen) atoms. The lowest BCUT2D eigenvalue weighted by molar-refractivity contribution is -0.378. The predicted octanol–water partition coefficient (Wildman–Crippen LogP) is 2.73. The first kappa shape index (κ1) is 22.7. The summed E-state index contributed by atoms with van der Waals surface area (Å²) in [6.07, 6.45) is -2.83. The van der Waals surface area contributed by atoms with Crippen LogP contribution in [0.4, 0.5) is 0 Å². The summed E-state index contributed by atoms with van der Waals surface area (Å²) in [6, 6.07) is 0. The highest BCUT2D eigenvalue weighted by Gasteiger charge is 2.55. The van der Waals surface area contributed by atoms with Crippen molar-refractivity contribution in [3.8, 4) is 0 Å². The fraction of sp³-hybridized carbons (Fsp3) is 0.750. The van der Waals surface area contributed by atoms with Gasteiger partial charge in [-0.15, -0.1) is 6.58 Å². The molecular formula is C16H22Cl3NO7. The SMILES string of the molecule is C=CCO[C@H]1[C@@H]2OC(C)(C)OC[C@H]2OC(OC(=N)C(Cl)(Cl)Cl)[C@@H]1OC(C)=O. The van der Waals surface area contributed by atoms with Crippen LogP contribution in [0, 0.1) is 5.41 Å². The minimum Gasteiger partial charge on any atom is -0.453 e. The van der Waals surface area contributed by atoms with Gasteiger partial charge in [0.25, 0.3) is 3.79 Å². The maximum absolute atomic E-state index is 11.6. The normalized spacial score (nSPS) is 32.9. The summed E-state index contributed by atoms with van der Waals surface area (Å²) < 4.78 is 31.7. The lowest BCUT2D eigenvalue weighted by atomic mass is 9.97. The summed E-state index contributed by atoms with van der Waals surface area (Å²) in [7, 11) is 0. The number of ether oxygens (including phenoxy) is 6. The van der Waals surface area contributed by atoms with Crippen molar-refractivity contribution >= 4 is 46.7 Å². The highest BCUT2D eigenvalue weighted by molar-refractivity contribution is 6.76. The van der Waals surface area contributed by atoms with Gasteiger partial charge in [0.15, 0.2) is 11.9 Å². The fourth-order valence-corrected chi connectivity index (χ4v) is 2.90. The van der Waals surface area contributed by atoms with Crippen LogP contribution in [-0.2, 0) is 33.2 Å². The number of hydrogen-bond acceptors (Lipinski definition) is 8. The molecule has 1 unspecified atom stereocenters. The second-order valence-corrected chi connectivity index (χ2v) is 8.72. The van der Waals surface area contributed by atoms with E-state index >= 15 is 0 Å². The van der Waals surface area contributed by atoms with Gasteiger partial charge >= 0.3 is 5.97 Å². The molecule has 1 N–H and O–H groups in total. The highest BCUT2D eigenvalue weighted by Crippen LogP contribution is 2.37. The van der Waals surface area contributed by atoms with E-state index in [2.05, 4.69) is 6.58 Å². The minimum atomic E-state index is -2.11. The molecule has 0 bridgehead atoms. The van der Waals surface area contributed by atoms with Gasteiger partial charge in [-0.25, -0.2) is 0 Å². The van der Waals surface area contributed by atoms with Gasteiger partial charge in [-0.2, -0.15) is 0 Å². The third kappa shape index (κ3) is 5.93. The molecular weight excluding hydrogens is 425 g/mol. The van der Waals surface area contributed by atoms with E-state index in [4.69, 9.17) is 68.6 Å². The van der Waals surface area contributed by atoms with Crippen molar-refractivity contribution in [2.75, 3.05) is 13.2 Å². The fourth-order valence-electron chi connectivity index (χ4n) is 2.76. The average molecular weight is 447 g/mol. The van der Waals surface area contributed by atoms with Crippen molar-refractivity contribution in [2.45, 2.75) is 61.1 Å². The maximum Gasteiger partial charge on any atom is 0.303 e. The number of carbonyl (C=O) groups is 1. The highest BCUT2D eigenvalue weighted by atomic mass is 35.6. The predicted molar refractivity (Wildman–Crippen MR) is 98.2 cm³/mol. The zero-order valence-corrected chi connectivity index (χ0v) is 17.3. The van der Waals surface area contributed by atoms with Crippen LogP contribution in [0.1, 0.15) is 20.8 Å². The molecule has 0 aromatic rings. The van der Waals surface area contributed by atoms with Crippen molar-refractivity contribution in [3.05, 3.63) is 12.7 Å². The number of rotatable bonds is 5. The van der Waals surface area contributed by atoms with Gasteiger partial charge in [-0.1, -0.05) is 40.9 Å². The largest absolute Gasteiger partial charge is 0.453 e. The van der Waals surface area contributed by atoms with E-state index in [0.717, 1.165) is 0 Å². The molecule has 2 aliphatic heterocycles. The van der Waals surface area contributed by atoms with E-state index in [1.54, 1.807) is 19.9 Å². The molecule has 2 heterocycles. The van der Waals surface area contributed by atoms with Gasteiger partial charge in [0.2, 0.25) is 12.2 Å². The molecule has 0 spiro atoms. The molecule has 2 fully saturated rings. The Bertz CT molecular complexity index is 581. The van der Waals surface area contributed by atoms with Crippen molar-refractivity contribution in [1.29, 1.82) is 5.41 Å². The molecule has 5 atom stereocenters. The molecule has 0 aromatic heterocycles. The van der Waals surface area contributed by atoms with Gasteiger partial charge in [0, 0.05) is 6.92 Å². The monoisotopic (exact) mass is 445 g/mol. The number of esters is 1. The van der Waals surface area contributed by atoms with E-state index in [0.29, 0.717) is 0 Å². The molecule has 2 rings (SSSR count). The van der Waals surface area contributed by atoms with Crippen LogP contribution in [0.5, 0.6) is 0 Å². The van der Waals surface area contributed by atoms with Gasteiger partial charge < -0.3 is 28.4 Å². The van der Waals surface area contributed by atoms with Crippen LogP contribution in [0.25, 0.3) is 0 Å². The van der Waals surface area contributed by atoms with Gasteiger partial charge in [0.05, 0.1) is 13.2 Å². The molecule has 2 saturated heterocycles. The van der Waals surface area contributed by atoms with Crippen LogP contribution in [0.15, 0.2) is 12.7 Å². The Hall–Kier alpha value is -0.610. The summed E-state index contributed by atoms with van der Waals surface area (Å²) in [6.45, 7) is 8.66. The molecule has 0 amide bonds. The molecule has 0 saturated carbocycles. The van der Waals surface area contributed by atoms with E-state index in [-0.39, 0.29) is 13.2 Å². The third-order valence-electron chi connectivity index (χ3n) is 3.81. The van der Waals surface area contributed by atoms with Crippen LogP contribution >= 0.6 is 34.8 Å². The Morgan fingerprint density at radius 3 is 2.56 bits per heavy atom. The second kappa shape index (κ2) is 8.82. The van der Waals surface area contributed by atoms with Crippen LogP contribution in [0.2, 0.25) is 0 Å². The first-order valence-electron chi connectivity index (χ1n) is 8.14. The molecule has 0 radical (unpaired) electrons. The molecule has 154 valence electrons.